The fourth-order valence-corrected chi connectivity index (χ4v) is 2.01. The first-order valence-electron chi connectivity index (χ1n) is 4.84. The van der Waals surface area contributed by atoms with E-state index in [-0.39, 0.29) is 0 Å². The van der Waals surface area contributed by atoms with E-state index in [0.717, 1.165) is 0 Å². The SMILES string of the molecule is Fc1cc(C2(F)CCOCC2)ccc1Br. The summed E-state index contributed by atoms with van der Waals surface area (Å²) in [6.45, 7) is 0.794. The number of alkyl halides is 1. The Labute approximate surface area is 95.6 Å². The fourth-order valence-electron chi connectivity index (χ4n) is 1.76. The van der Waals surface area contributed by atoms with Gasteiger partial charge in [0.1, 0.15) is 11.5 Å². The van der Waals surface area contributed by atoms with E-state index in [4.69, 9.17) is 4.74 Å². The molecule has 1 heterocycles. The lowest BCUT2D eigenvalue weighted by atomic mass is 9.88. The van der Waals surface area contributed by atoms with Gasteiger partial charge in [-0.1, -0.05) is 6.07 Å². The molecule has 0 N–H and O–H groups in total. The zero-order valence-electron chi connectivity index (χ0n) is 8.10. The van der Waals surface area contributed by atoms with E-state index in [1.807, 2.05) is 0 Å². The summed E-state index contributed by atoms with van der Waals surface area (Å²) in [6.07, 6.45) is 0.599. The molecule has 2 rings (SSSR count). The van der Waals surface area contributed by atoms with E-state index in [0.29, 0.717) is 36.1 Å². The Balaban J connectivity index is 2.31. The van der Waals surface area contributed by atoms with Crippen LogP contribution in [-0.2, 0) is 10.4 Å². The van der Waals surface area contributed by atoms with Crippen molar-refractivity contribution in [3.8, 4) is 0 Å². The van der Waals surface area contributed by atoms with E-state index in [1.165, 1.54) is 6.07 Å². The van der Waals surface area contributed by atoms with E-state index >= 15 is 0 Å². The quantitative estimate of drug-likeness (QED) is 0.762. The summed E-state index contributed by atoms with van der Waals surface area (Å²) in [7, 11) is 0. The van der Waals surface area contributed by atoms with Crippen molar-refractivity contribution < 1.29 is 13.5 Å². The topological polar surface area (TPSA) is 9.23 Å². The zero-order valence-corrected chi connectivity index (χ0v) is 9.69. The maximum Gasteiger partial charge on any atom is 0.140 e. The molecule has 1 nitrogen and oxygen atoms in total. The molecule has 0 radical (unpaired) electrons. The van der Waals surface area contributed by atoms with Crippen molar-refractivity contribution in [1.29, 1.82) is 0 Å². The first-order chi connectivity index (χ1) is 7.12. The summed E-state index contributed by atoms with van der Waals surface area (Å²) >= 11 is 3.05. The van der Waals surface area contributed by atoms with Crippen LogP contribution >= 0.6 is 15.9 Å². The molecular weight excluding hydrogens is 266 g/mol. The molecule has 0 aliphatic carbocycles. The van der Waals surface area contributed by atoms with Crippen LogP contribution in [0.1, 0.15) is 18.4 Å². The molecule has 0 aromatic heterocycles. The Bertz CT molecular complexity index is 362. The van der Waals surface area contributed by atoms with E-state index in [1.54, 1.807) is 12.1 Å². The molecule has 1 fully saturated rings. The average molecular weight is 277 g/mol. The van der Waals surface area contributed by atoms with Gasteiger partial charge in [-0.15, -0.1) is 0 Å². The van der Waals surface area contributed by atoms with Crippen molar-refractivity contribution in [1.82, 2.24) is 0 Å². The van der Waals surface area contributed by atoms with Gasteiger partial charge in [0.25, 0.3) is 0 Å². The zero-order chi connectivity index (χ0) is 10.9. The van der Waals surface area contributed by atoms with Gasteiger partial charge >= 0.3 is 0 Å². The predicted octanol–water partition coefficient (Wildman–Crippen LogP) is 3.56. The van der Waals surface area contributed by atoms with Gasteiger partial charge in [-0.2, -0.15) is 0 Å². The van der Waals surface area contributed by atoms with Crippen LogP contribution < -0.4 is 0 Å². The second-order valence-corrected chi connectivity index (χ2v) is 4.56. The summed E-state index contributed by atoms with van der Waals surface area (Å²) in [5, 5.41) is 0. The molecule has 1 aromatic rings. The third kappa shape index (κ3) is 2.21. The summed E-state index contributed by atoms with van der Waals surface area (Å²) in [5.74, 6) is -0.420. The van der Waals surface area contributed by atoms with Crippen molar-refractivity contribution >= 4 is 15.9 Å². The first kappa shape index (κ1) is 11.0. The Morgan fingerprint density at radius 2 is 1.93 bits per heavy atom. The molecule has 82 valence electrons. The lowest BCUT2D eigenvalue weighted by Crippen LogP contribution is -2.29. The van der Waals surface area contributed by atoms with Crippen LogP contribution in [0, 0.1) is 5.82 Å². The standard InChI is InChI=1S/C11H11BrF2O/c12-9-2-1-8(7-10(9)13)11(14)3-5-15-6-4-11/h1-2,7H,3-6H2. The van der Waals surface area contributed by atoms with Crippen LogP contribution in [0.2, 0.25) is 0 Å². The van der Waals surface area contributed by atoms with Crippen molar-refractivity contribution in [2.24, 2.45) is 0 Å². The first-order valence-corrected chi connectivity index (χ1v) is 5.63. The Hall–Kier alpha value is -0.480. The lowest BCUT2D eigenvalue weighted by molar-refractivity contribution is -0.0116. The van der Waals surface area contributed by atoms with Gasteiger partial charge in [0.2, 0.25) is 0 Å². The minimum atomic E-state index is -1.43. The van der Waals surface area contributed by atoms with Crippen molar-refractivity contribution in [2.75, 3.05) is 13.2 Å². The van der Waals surface area contributed by atoms with Gasteiger partial charge in [-0.25, -0.2) is 8.78 Å². The van der Waals surface area contributed by atoms with E-state index < -0.39 is 11.5 Å². The Morgan fingerprint density at radius 3 is 2.53 bits per heavy atom. The van der Waals surface area contributed by atoms with Crippen molar-refractivity contribution in [3.05, 3.63) is 34.1 Å². The summed E-state index contributed by atoms with van der Waals surface area (Å²) in [4.78, 5) is 0. The molecule has 0 amide bonds. The second kappa shape index (κ2) is 4.18. The molecular formula is C11H11BrF2O. The molecule has 1 aliphatic heterocycles. The molecule has 1 aromatic carbocycles. The third-order valence-corrected chi connectivity index (χ3v) is 3.37. The maximum atomic E-state index is 14.4. The summed E-state index contributed by atoms with van der Waals surface area (Å²) < 4.78 is 33.1. The highest BCUT2D eigenvalue weighted by molar-refractivity contribution is 9.10. The third-order valence-electron chi connectivity index (χ3n) is 2.72. The van der Waals surface area contributed by atoms with Crippen LogP contribution in [0.4, 0.5) is 8.78 Å². The minimum Gasteiger partial charge on any atom is -0.381 e. The average Bonchev–Trinajstić information content (AvgIpc) is 2.23. The number of rotatable bonds is 1. The second-order valence-electron chi connectivity index (χ2n) is 3.71. The molecule has 4 heteroatoms. The van der Waals surface area contributed by atoms with Crippen LogP contribution in [0.5, 0.6) is 0 Å². The van der Waals surface area contributed by atoms with Gasteiger partial charge in [0.05, 0.1) is 4.47 Å². The van der Waals surface area contributed by atoms with Gasteiger partial charge in [-0.05, 0) is 33.6 Å². The highest BCUT2D eigenvalue weighted by atomic mass is 79.9. The monoisotopic (exact) mass is 276 g/mol. The molecule has 15 heavy (non-hydrogen) atoms. The lowest BCUT2D eigenvalue weighted by Gasteiger charge is -2.29. The minimum absolute atomic E-state index is 0.300. The molecule has 0 bridgehead atoms. The number of hydrogen-bond acceptors (Lipinski definition) is 1. The molecule has 0 atom stereocenters. The van der Waals surface area contributed by atoms with Crippen LogP contribution in [0.15, 0.2) is 22.7 Å². The van der Waals surface area contributed by atoms with Crippen LogP contribution in [0.25, 0.3) is 0 Å². The molecule has 1 aliphatic rings. The summed E-state index contributed by atoms with van der Waals surface area (Å²) in [5.41, 5.74) is -1.02. The fraction of sp³-hybridized carbons (Fsp3) is 0.455. The predicted molar refractivity (Wildman–Crippen MR) is 56.9 cm³/mol. The largest absolute Gasteiger partial charge is 0.381 e. The number of ether oxygens (including phenoxy) is 1. The van der Waals surface area contributed by atoms with E-state index in [9.17, 15) is 8.78 Å². The number of benzene rings is 1. The Morgan fingerprint density at radius 1 is 1.27 bits per heavy atom. The highest BCUT2D eigenvalue weighted by Gasteiger charge is 2.34. The van der Waals surface area contributed by atoms with Gasteiger partial charge in [0, 0.05) is 26.1 Å². The highest BCUT2D eigenvalue weighted by Crippen LogP contribution is 2.37. The molecule has 0 unspecified atom stereocenters. The van der Waals surface area contributed by atoms with Gasteiger partial charge in [0.15, 0.2) is 0 Å². The van der Waals surface area contributed by atoms with Crippen LogP contribution in [0.3, 0.4) is 0 Å². The normalized spacial score (nSPS) is 20.2. The van der Waals surface area contributed by atoms with E-state index in [2.05, 4.69) is 15.9 Å². The van der Waals surface area contributed by atoms with Crippen molar-refractivity contribution in [3.63, 3.8) is 0 Å². The molecule has 0 spiro atoms. The van der Waals surface area contributed by atoms with Crippen molar-refractivity contribution in [2.45, 2.75) is 18.5 Å². The van der Waals surface area contributed by atoms with Crippen LogP contribution in [-0.4, -0.2) is 13.2 Å². The maximum absolute atomic E-state index is 14.4. The van der Waals surface area contributed by atoms with Gasteiger partial charge < -0.3 is 4.74 Å². The number of hydrogen-bond donors (Lipinski definition) is 0. The molecule has 1 saturated heterocycles. The smallest absolute Gasteiger partial charge is 0.140 e. The Kier molecular flexibility index (Phi) is 3.07. The van der Waals surface area contributed by atoms with Gasteiger partial charge in [-0.3, -0.25) is 0 Å². The molecule has 0 saturated carbocycles. The number of halogens is 3. The summed E-state index contributed by atoms with van der Waals surface area (Å²) in [6, 6.07) is 4.43.